The Morgan fingerprint density at radius 1 is 1.08 bits per heavy atom. The summed E-state index contributed by atoms with van der Waals surface area (Å²) in [7, 11) is 1.55. The lowest BCUT2D eigenvalue weighted by atomic mass is 10.1. The summed E-state index contributed by atoms with van der Waals surface area (Å²) >= 11 is 0. The van der Waals surface area contributed by atoms with Gasteiger partial charge in [0.15, 0.2) is 18.1 Å². The average molecular weight is 324 g/mol. The fraction of sp³-hybridized carbons (Fsp3) is 0.158. The zero-order valence-electron chi connectivity index (χ0n) is 13.7. The monoisotopic (exact) mass is 324 g/mol. The summed E-state index contributed by atoms with van der Waals surface area (Å²) in [6.45, 7) is 1.77. The summed E-state index contributed by atoms with van der Waals surface area (Å²) in [4.78, 5) is 11.7. The van der Waals surface area contributed by atoms with Crippen LogP contribution >= 0.6 is 0 Å². The van der Waals surface area contributed by atoms with Crippen molar-refractivity contribution in [3.05, 3.63) is 65.7 Å². The third-order valence-corrected chi connectivity index (χ3v) is 3.08. The van der Waals surface area contributed by atoms with Crippen LogP contribution in [0.1, 0.15) is 12.5 Å². The highest BCUT2D eigenvalue weighted by atomic mass is 16.5. The molecule has 0 aliphatic heterocycles. The molecular formula is C19H20N2O3. The molecule has 5 nitrogen and oxygen atoms in total. The van der Waals surface area contributed by atoms with Crippen LogP contribution in [0.5, 0.6) is 11.5 Å². The quantitative estimate of drug-likeness (QED) is 0.628. The lowest BCUT2D eigenvalue weighted by Gasteiger charge is -2.09. The van der Waals surface area contributed by atoms with Crippen LogP contribution in [0.25, 0.3) is 6.08 Å². The summed E-state index contributed by atoms with van der Waals surface area (Å²) in [6.07, 6.45) is 3.56. The van der Waals surface area contributed by atoms with E-state index in [0.29, 0.717) is 11.5 Å². The number of hydrogen-bond acceptors (Lipinski definition) is 4. The van der Waals surface area contributed by atoms with E-state index in [4.69, 9.17) is 9.47 Å². The van der Waals surface area contributed by atoms with Crippen LogP contribution in [-0.4, -0.2) is 25.8 Å². The molecule has 0 unspecified atom stereocenters. The second-order valence-corrected chi connectivity index (χ2v) is 5.03. The number of hydrazone groups is 1. The topological polar surface area (TPSA) is 59.9 Å². The Balaban J connectivity index is 1.81. The molecule has 2 aromatic carbocycles. The molecule has 0 saturated carbocycles. The minimum absolute atomic E-state index is 0.140. The van der Waals surface area contributed by atoms with Crippen LogP contribution in [-0.2, 0) is 4.79 Å². The molecule has 1 N–H and O–H groups in total. The molecule has 0 aliphatic carbocycles. The predicted octanol–water partition coefficient (Wildman–Crippen LogP) is 3.28. The number of carbonyl (C=O) groups is 1. The van der Waals surface area contributed by atoms with E-state index in [9.17, 15) is 4.79 Å². The number of methoxy groups -OCH3 is 1. The number of rotatable bonds is 7. The molecule has 0 aromatic heterocycles. The third kappa shape index (κ3) is 5.61. The number of allylic oxidation sites excluding steroid dienone is 1. The Labute approximate surface area is 141 Å². The van der Waals surface area contributed by atoms with Gasteiger partial charge in [-0.25, -0.2) is 5.43 Å². The van der Waals surface area contributed by atoms with Crippen LogP contribution in [0.3, 0.4) is 0 Å². The van der Waals surface area contributed by atoms with Gasteiger partial charge in [0.25, 0.3) is 5.91 Å². The number of ether oxygens (including phenoxy) is 2. The van der Waals surface area contributed by atoms with Crippen molar-refractivity contribution in [1.82, 2.24) is 5.43 Å². The first kappa shape index (κ1) is 17.3. The highest BCUT2D eigenvalue weighted by molar-refractivity contribution is 5.86. The highest BCUT2D eigenvalue weighted by Crippen LogP contribution is 2.25. The summed E-state index contributed by atoms with van der Waals surface area (Å²) in [5, 5.41) is 3.92. The molecule has 0 aliphatic rings. The molecule has 2 aromatic rings. The molecule has 0 radical (unpaired) electrons. The maximum Gasteiger partial charge on any atom is 0.277 e. The predicted molar refractivity (Wildman–Crippen MR) is 95.2 cm³/mol. The van der Waals surface area contributed by atoms with Crippen molar-refractivity contribution in [1.29, 1.82) is 0 Å². The zero-order chi connectivity index (χ0) is 17.2. The largest absolute Gasteiger partial charge is 0.493 e. The molecule has 0 heterocycles. The summed E-state index contributed by atoms with van der Waals surface area (Å²) < 4.78 is 10.6. The smallest absolute Gasteiger partial charge is 0.277 e. The second kappa shape index (κ2) is 9.15. The first-order valence-corrected chi connectivity index (χ1v) is 7.50. The Hall–Kier alpha value is -3.08. The lowest BCUT2D eigenvalue weighted by molar-refractivity contribution is -0.123. The number of para-hydroxylation sites is 2. The molecule has 5 heteroatoms. The molecule has 2 rings (SSSR count). The number of amides is 1. The number of benzene rings is 2. The van der Waals surface area contributed by atoms with E-state index in [0.717, 1.165) is 11.1 Å². The Morgan fingerprint density at radius 2 is 1.75 bits per heavy atom. The van der Waals surface area contributed by atoms with Gasteiger partial charge >= 0.3 is 0 Å². The number of carbonyl (C=O) groups excluding carboxylic acids is 1. The molecule has 0 fully saturated rings. The maximum atomic E-state index is 11.7. The number of hydrogen-bond donors (Lipinski definition) is 1. The van der Waals surface area contributed by atoms with Crippen LogP contribution < -0.4 is 14.9 Å². The molecule has 124 valence electrons. The first-order chi connectivity index (χ1) is 11.7. The fourth-order valence-corrected chi connectivity index (χ4v) is 1.97. The molecule has 0 bridgehead atoms. The normalized spacial score (nSPS) is 11.3. The van der Waals surface area contributed by atoms with E-state index >= 15 is 0 Å². The molecule has 0 spiro atoms. The van der Waals surface area contributed by atoms with Crippen molar-refractivity contribution >= 4 is 18.2 Å². The average Bonchev–Trinajstić information content (AvgIpc) is 2.61. The SMILES string of the molecule is COc1ccccc1OCC(=O)N/N=C\C(C)=C\c1ccccc1. The van der Waals surface area contributed by atoms with Gasteiger partial charge in [0.1, 0.15) is 0 Å². The lowest BCUT2D eigenvalue weighted by Crippen LogP contribution is -2.24. The minimum Gasteiger partial charge on any atom is -0.493 e. The molecule has 24 heavy (non-hydrogen) atoms. The van der Waals surface area contributed by atoms with Crippen molar-refractivity contribution < 1.29 is 14.3 Å². The highest BCUT2D eigenvalue weighted by Gasteiger charge is 2.05. The van der Waals surface area contributed by atoms with Crippen LogP contribution in [0.2, 0.25) is 0 Å². The minimum atomic E-state index is -0.343. The van der Waals surface area contributed by atoms with Gasteiger partial charge in [-0.1, -0.05) is 48.5 Å². The van der Waals surface area contributed by atoms with E-state index in [-0.39, 0.29) is 12.5 Å². The number of nitrogens with one attached hydrogen (secondary N) is 1. The standard InChI is InChI=1S/C19H20N2O3/c1-15(12-16-8-4-3-5-9-16)13-20-21-19(22)14-24-18-11-7-6-10-17(18)23-2/h3-13H,14H2,1-2H3,(H,21,22)/b15-12+,20-13-. The molecule has 0 atom stereocenters. The Kier molecular flexibility index (Phi) is 6.58. The van der Waals surface area contributed by atoms with Gasteiger partial charge in [-0.2, -0.15) is 5.10 Å². The fourth-order valence-electron chi connectivity index (χ4n) is 1.97. The van der Waals surface area contributed by atoms with Crippen molar-refractivity contribution in [2.75, 3.05) is 13.7 Å². The van der Waals surface area contributed by atoms with Gasteiger partial charge in [0.05, 0.1) is 13.3 Å². The van der Waals surface area contributed by atoms with Crippen LogP contribution in [0.15, 0.2) is 65.3 Å². The molecule has 0 saturated heterocycles. The van der Waals surface area contributed by atoms with E-state index in [2.05, 4.69) is 10.5 Å². The van der Waals surface area contributed by atoms with Gasteiger partial charge in [0, 0.05) is 0 Å². The van der Waals surface area contributed by atoms with E-state index in [1.54, 1.807) is 25.5 Å². The molecule has 1 amide bonds. The van der Waals surface area contributed by atoms with E-state index in [1.165, 1.54) is 0 Å². The van der Waals surface area contributed by atoms with E-state index < -0.39 is 0 Å². The summed E-state index contributed by atoms with van der Waals surface area (Å²) in [5.74, 6) is 0.749. The van der Waals surface area contributed by atoms with E-state index in [1.807, 2.05) is 55.5 Å². The van der Waals surface area contributed by atoms with Crippen molar-refractivity contribution in [3.63, 3.8) is 0 Å². The Bertz CT molecular complexity index is 724. The maximum absolute atomic E-state index is 11.7. The van der Waals surface area contributed by atoms with Gasteiger partial charge in [-0.05, 0) is 30.2 Å². The van der Waals surface area contributed by atoms with Gasteiger partial charge in [-0.3, -0.25) is 4.79 Å². The van der Waals surface area contributed by atoms with Crippen molar-refractivity contribution in [3.8, 4) is 11.5 Å². The van der Waals surface area contributed by atoms with Gasteiger partial charge < -0.3 is 9.47 Å². The van der Waals surface area contributed by atoms with Crippen LogP contribution in [0, 0.1) is 0 Å². The van der Waals surface area contributed by atoms with Crippen molar-refractivity contribution in [2.45, 2.75) is 6.92 Å². The summed E-state index contributed by atoms with van der Waals surface area (Å²) in [6, 6.07) is 17.0. The molecular weight excluding hydrogens is 304 g/mol. The number of nitrogens with zero attached hydrogens (tertiary/aromatic N) is 1. The Morgan fingerprint density at radius 3 is 2.46 bits per heavy atom. The van der Waals surface area contributed by atoms with Gasteiger partial charge in [-0.15, -0.1) is 0 Å². The van der Waals surface area contributed by atoms with Crippen molar-refractivity contribution in [2.24, 2.45) is 5.10 Å². The first-order valence-electron chi connectivity index (χ1n) is 7.50. The van der Waals surface area contributed by atoms with Gasteiger partial charge in [0.2, 0.25) is 0 Å². The summed E-state index contributed by atoms with van der Waals surface area (Å²) in [5.41, 5.74) is 4.43. The third-order valence-electron chi connectivity index (χ3n) is 3.08. The van der Waals surface area contributed by atoms with Crippen LogP contribution in [0.4, 0.5) is 0 Å². The second-order valence-electron chi connectivity index (χ2n) is 5.03. The zero-order valence-corrected chi connectivity index (χ0v) is 13.7.